The average molecular weight is 251 g/mol. The van der Waals surface area contributed by atoms with Gasteiger partial charge in [0.25, 0.3) is 0 Å². The van der Waals surface area contributed by atoms with Crippen molar-refractivity contribution in [3.63, 3.8) is 0 Å². The molecule has 100 valence electrons. The van der Waals surface area contributed by atoms with Gasteiger partial charge in [0.15, 0.2) is 0 Å². The molecular formula is C14H21NO3. The number of ether oxygens (including phenoxy) is 2. The molecule has 0 heterocycles. The van der Waals surface area contributed by atoms with Crippen molar-refractivity contribution in [2.75, 3.05) is 13.7 Å². The standard InChI is InChI=1S/C14H21NO3/c1-9(2)11-6-5-10(3)13(7-11)18-8-12(15)14(16)17-4/h5-7,9,12H,8,15H2,1-4H3. The van der Waals surface area contributed by atoms with Crippen LogP contribution in [0.25, 0.3) is 0 Å². The van der Waals surface area contributed by atoms with E-state index in [-0.39, 0.29) is 6.61 Å². The van der Waals surface area contributed by atoms with Gasteiger partial charge in [-0.15, -0.1) is 0 Å². The van der Waals surface area contributed by atoms with Gasteiger partial charge in [0.2, 0.25) is 0 Å². The molecule has 0 aliphatic rings. The zero-order valence-corrected chi connectivity index (χ0v) is 11.4. The second-order valence-corrected chi connectivity index (χ2v) is 4.62. The first-order valence-electron chi connectivity index (χ1n) is 6.02. The minimum atomic E-state index is -0.753. The summed E-state index contributed by atoms with van der Waals surface area (Å²) in [7, 11) is 1.31. The predicted molar refractivity (Wildman–Crippen MR) is 70.8 cm³/mol. The highest BCUT2D eigenvalue weighted by Crippen LogP contribution is 2.24. The summed E-state index contributed by atoms with van der Waals surface area (Å²) in [5.74, 6) is 0.732. The lowest BCUT2D eigenvalue weighted by Gasteiger charge is -2.15. The summed E-state index contributed by atoms with van der Waals surface area (Å²) in [5.41, 5.74) is 7.84. The van der Waals surface area contributed by atoms with Crippen LogP contribution in [0.3, 0.4) is 0 Å². The van der Waals surface area contributed by atoms with Gasteiger partial charge >= 0.3 is 5.97 Å². The molecule has 0 saturated carbocycles. The zero-order chi connectivity index (χ0) is 13.7. The molecule has 1 aromatic rings. The van der Waals surface area contributed by atoms with Crippen LogP contribution in [0, 0.1) is 6.92 Å². The van der Waals surface area contributed by atoms with Gasteiger partial charge in [-0.25, -0.2) is 0 Å². The maximum Gasteiger partial charge on any atom is 0.326 e. The number of benzene rings is 1. The minimum absolute atomic E-state index is 0.120. The van der Waals surface area contributed by atoms with E-state index in [1.165, 1.54) is 12.7 Å². The Morgan fingerprint density at radius 2 is 2.06 bits per heavy atom. The molecule has 1 aromatic carbocycles. The first-order valence-corrected chi connectivity index (χ1v) is 6.02. The summed E-state index contributed by atoms with van der Waals surface area (Å²) in [4.78, 5) is 11.2. The lowest BCUT2D eigenvalue weighted by Crippen LogP contribution is -2.37. The maximum absolute atomic E-state index is 11.2. The van der Waals surface area contributed by atoms with Crippen molar-refractivity contribution in [1.29, 1.82) is 0 Å². The van der Waals surface area contributed by atoms with Crippen molar-refractivity contribution in [1.82, 2.24) is 0 Å². The fraction of sp³-hybridized carbons (Fsp3) is 0.500. The van der Waals surface area contributed by atoms with Crippen LogP contribution in [0.2, 0.25) is 0 Å². The first kappa shape index (κ1) is 14.5. The van der Waals surface area contributed by atoms with E-state index < -0.39 is 12.0 Å². The van der Waals surface area contributed by atoms with Crippen molar-refractivity contribution in [2.24, 2.45) is 5.73 Å². The average Bonchev–Trinajstić information content (AvgIpc) is 2.36. The highest BCUT2D eigenvalue weighted by Gasteiger charge is 2.15. The molecule has 0 aliphatic heterocycles. The Bertz CT molecular complexity index is 416. The van der Waals surface area contributed by atoms with E-state index in [1.807, 2.05) is 19.1 Å². The van der Waals surface area contributed by atoms with Gasteiger partial charge in [0, 0.05) is 0 Å². The van der Waals surface area contributed by atoms with Crippen molar-refractivity contribution in [3.05, 3.63) is 29.3 Å². The molecule has 0 aliphatic carbocycles. The van der Waals surface area contributed by atoms with Gasteiger partial charge in [-0.05, 0) is 30.0 Å². The quantitative estimate of drug-likeness (QED) is 0.813. The summed E-state index contributed by atoms with van der Waals surface area (Å²) in [6.07, 6.45) is 0. The van der Waals surface area contributed by atoms with Crippen molar-refractivity contribution < 1.29 is 14.3 Å². The van der Waals surface area contributed by atoms with E-state index in [1.54, 1.807) is 0 Å². The summed E-state index contributed by atoms with van der Waals surface area (Å²) in [6.45, 7) is 6.32. The van der Waals surface area contributed by atoms with Crippen LogP contribution in [-0.2, 0) is 9.53 Å². The Kier molecular flexibility index (Phi) is 5.16. The van der Waals surface area contributed by atoms with E-state index in [4.69, 9.17) is 10.5 Å². The number of hydrogen-bond acceptors (Lipinski definition) is 4. The largest absolute Gasteiger partial charge is 0.491 e. The summed E-state index contributed by atoms with van der Waals surface area (Å²) in [6, 6.07) is 5.32. The Labute approximate surface area is 108 Å². The van der Waals surface area contributed by atoms with Gasteiger partial charge in [0.1, 0.15) is 18.4 Å². The number of aryl methyl sites for hydroxylation is 1. The zero-order valence-electron chi connectivity index (χ0n) is 11.4. The normalized spacial score (nSPS) is 12.3. The number of nitrogens with two attached hydrogens (primary N) is 1. The first-order chi connectivity index (χ1) is 8.45. The van der Waals surface area contributed by atoms with Crippen LogP contribution >= 0.6 is 0 Å². The van der Waals surface area contributed by atoms with Crippen LogP contribution < -0.4 is 10.5 Å². The van der Waals surface area contributed by atoms with Crippen molar-refractivity contribution in [3.8, 4) is 5.75 Å². The monoisotopic (exact) mass is 251 g/mol. The molecule has 4 nitrogen and oxygen atoms in total. The van der Waals surface area contributed by atoms with Gasteiger partial charge < -0.3 is 15.2 Å². The summed E-state index contributed by atoms with van der Waals surface area (Å²) >= 11 is 0. The lowest BCUT2D eigenvalue weighted by molar-refractivity contribution is -0.142. The molecule has 0 spiro atoms. The molecule has 4 heteroatoms. The molecule has 0 fully saturated rings. The molecule has 1 unspecified atom stereocenters. The third kappa shape index (κ3) is 3.74. The van der Waals surface area contributed by atoms with Crippen LogP contribution in [0.4, 0.5) is 0 Å². The van der Waals surface area contributed by atoms with Crippen LogP contribution in [-0.4, -0.2) is 25.7 Å². The number of carbonyl (C=O) groups is 1. The second kappa shape index (κ2) is 6.40. The van der Waals surface area contributed by atoms with E-state index in [2.05, 4.69) is 24.7 Å². The van der Waals surface area contributed by atoms with Crippen LogP contribution in [0.1, 0.15) is 30.9 Å². The number of hydrogen-bond donors (Lipinski definition) is 1. The minimum Gasteiger partial charge on any atom is -0.491 e. The predicted octanol–water partition coefficient (Wildman–Crippen LogP) is 2.00. The molecule has 18 heavy (non-hydrogen) atoms. The Balaban J connectivity index is 2.72. The molecule has 1 rings (SSSR count). The third-order valence-corrected chi connectivity index (χ3v) is 2.80. The highest BCUT2D eigenvalue weighted by atomic mass is 16.5. The van der Waals surface area contributed by atoms with Crippen LogP contribution in [0.5, 0.6) is 5.75 Å². The van der Waals surface area contributed by atoms with Gasteiger partial charge in [-0.1, -0.05) is 26.0 Å². The molecule has 0 radical (unpaired) electrons. The number of esters is 1. The topological polar surface area (TPSA) is 61.5 Å². The molecule has 0 bridgehead atoms. The molecular weight excluding hydrogens is 230 g/mol. The van der Waals surface area contributed by atoms with E-state index in [9.17, 15) is 4.79 Å². The fourth-order valence-electron chi connectivity index (χ4n) is 1.53. The smallest absolute Gasteiger partial charge is 0.326 e. The number of methoxy groups -OCH3 is 1. The van der Waals surface area contributed by atoms with Crippen molar-refractivity contribution >= 4 is 5.97 Å². The Hall–Kier alpha value is -1.55. The summed E-state index contributed by atoms with van der Waals surface area (Å²) < 4.78 is 10.1. The molecule has 0 aromatic heterocycles. The SMILES string of the molecule is COC(=O)C(N)COc1cc(C(C)C)ccc1C. The second-order valence-electron chi connectivity index (χ2n) is 4.62. The van der Waals surface area contributed by atoms with Crippen molar-refractivity contribution in [2.45, 2.75) is 32.7 Å². The van der Waals surface area contributed by atoms with Crippen LogP contribution in [0.15, 0.2) is 18.2 Å². The number of carbonyl (C=O) groups excluding carboxylic acids is 1. The van der Waals surface area contributed by atoms with Gasteiger partial charge in [-0.3, -0.25) is 4.79 Å². The fourth-order valence-corrected chi connectivity index (χ4v) is 1.53. The van der Waals surface area contributed by atoms with E-state index >= 15 is 0 Å². The van der Waals surface area contributed by atoms with E-state index in [0.29, 0.717) is 5.92 Å². The maximum atomic E-state index is 11.2. The highest BCUT2D eigenvalue weighted by molar-refractivity contribution is 5.75. The van der Waals surface area contributed by atoms with Gasteiger partial charge in [-0.2, -0.15) is 0 Å². The molecule has 2 N–H and O–H groups in total. The Morgan fingerprint density at radius 1 is 1.39 bits per heavy atom. The van der Waals surface area contributed by atoms with E-state index in [0.717, 1.165) is 11.3 Å². The molecule has 1 atom stereocenters. The lowest BCUT2D eigenvalue weighted by atomic mass is 10.0. The Morgan fingerprint density at radius 3 is 2.61 bits per heavy atom. The summed E-state index contributed by atoms with van der Waals surface area (Å²) in [5, 5.41) is 0. The van der Waals surface area contributed by atoms with Gasteiger partial charge in [0.05, 0.1) is 7.11 Å². The molecule has 0 saturated heterocycles. The third-order valence-electron chi connectivity index (χ3n) is 2.80. The molecule has 0 amide bonds. The number of rotatable bonds is 5.